The van der Waals surface area contributed by atoms with Crippen LogP contribution in [0.15, 0.2) is 54.7 Å². The molecule has 0 unspecified atom stereocenters. The molecule has 0 aliphatic rings. The normalized spacial score (nSPS) is 10.6. The molecule has 3 heteroatoms. The van der Waals surface area contributed by atoms with Gasteiger partial charge in [-0.25, -0.2) is 0 Å². The van der Waals surface area contributed by atoms with E-state index in [0.717, 1.165) is 28.1 Å². The van der Waals surface area contributed by atoms with E-state index < -0.39 is 0 Å². The Bertz CT molecular complexity index is 720. The third kappa shape index (κ3) is 2.36. The first-order valence-electron chi connectivity index (χ1n) is 6.11. The number of pyridine rings is 1. The first-order chi connectivity index (χ1) is 9.22. The van der Waals surface area contributed by atoms with Crippen molar-refractivity contribution < 1.29 is 4.74 Å². The highest BCUT2D eigenvalue weighted by Gasteiger charge is 2.02. The number of nitrogens with zero attached hydrogens (tertiary/aromatic N) is 1. The number of nitrogens with two attached hydrogens (primary N) is 1. The maximum atomic E-state index is 5.81. The Hall–Kier alpha value is -2.55. The molecule has 0 aliphatic carbocycles. The van der Waals surface area contributed by atoms with Gasteiger partial charge in [-0.2, -0.15) is 0 Å². The third-order valence-corrected chi connectivity index (χ3v) is 3.05. The van der Waals surface area contributed by atoms with E-state index in [2.05, 4.69) is 11.9 Å². The Kier molecular flexibility index (Phi) is 2.80. The highest BCUT2D eigenvalue weighted by molar-refractivity contribution is 5.83. The van der Waals surface area contributed by atoms with Gasteiger partial charge < -0.3 is 10.5 Å². The monoisotopic (exact) mass is 250 g/mol. The highest BCUT2D eigenvalue weighted by atomic mass is 16.5. The molecular formula is C16H14N2O. The molecule has 2 aromatic carbocycles. The van der Waals surface area contributed by atoms with E-state index >= 15 is 0 Å². The van der Waals surface area contributed by atoms with Gasteiger partial charge in [0.1, 0.15) is 11.5 Å². The molecule has 0 atom stereocenters. The topological polar surface area (TPSA) is 48.1 Å². The van der Waals surface area contributed by atoms with Crippen molar-refractivity contribution in [1.29, 1.82) is 0 Å². The standard InChI is InChI=1S/C16H14N2O/c1-11-8-9-18-16-7-6-14(10-15(11)16)19-13-4-2-12(17)3-5-13/h2-10H,17H2,1H3. The van der Waals surface area contributed by atoms with Crippen molar-refractivity contribution in [2.45, 2.75) is 6.92 Å². The van der Waals surface area contributed by atoms with Crippen molar-refractivity contribution in [3.8, 4) is 11.5 Å². The minimum Gasteiger partial charge on any atom is -0.457 e. The molecular weight excluding hydrogens is 236 g/mol. The van der Waals surface area contributed by atoms with Gasteiger partial charge in [0.15, 0.2) is 0 Å². The van der Waals surface area contributed by atoms with Gasteiger partial charge in [-0.05, 0) is 61.0 Å². The molecule has 0 radical (unpaired) electrons. The van der Waals surface area contributed by atoms with Gasteiger partial charge in [0.2, 0.25) is 0 Å². The van der Waals surface area contributed by atoms with Gasteiger partial charge in [-0.3, -0.25) is 4.98 Å². The number of aromatic nitrogens is 1. The maximum absolute atomic E-state index is 5.81. The summed E-state index contributed by atoms with van der Waals surface area (Å²) in [5, 5.41) is 1.11. The minimum atomic E-state index is 0.728. The zero-order chi connectivity index (χ0) is 13.2. The lowest BCUT2D eigenvalue weighted by Gasteiger charge is -2.08. The molecule has 1 aromatic heterocycles. The summed E-state index contributed by atoms with van der Waals surface area (Å²) in [5.74, 6) is 1.57. The maximum Gasteiger partial charge on any atom is 0.128 e. The van der Waals surface area contributed by atoms with E-state index in [-0.39, 0.29) is 0 Å². The fourth-order valence-electron chi connectivity index (χ4n) is 2.00. The lowest BCUT2D eigenvalue weighted by Crippen LogP contribution is -1.88. The van der Waals surface area contributed by atoms with Crippen LogP contribution in [-0.4, -0.2) is 4.98 Å². The summed E-state index contributed by atoms with van der Waals surface area (Å²) in [6.07, 6.45) is 1.82. The largest absolute Gasteiger partial charge is 0.457 e. The van der Waals surface area contributed by atoms with Crippen LogP contribution in [0.3, 0.4) is 0 Å². The number of nitrogen functional groups attached to an aromatic ring is 1. The number of rotatable bonds is 2. The number of hydrogen-bond acceptors (Lipinski definition) is 3. The number of aryl methyl sites for hydroxylation is 1. The van der Waals surface area contributed by atoms with Gasteiger partial charge in [-0.15, -0.1) is 0 Å². The Morgan fingerprint density at radius 3 is 2.47 bits per heavy atom. The van der Waals surface area contributed by atoms with E-state index in [0.29, 0.717) is 0 Å². The quantitative estimate of drug-likeness (QED) is 0.701. The summed E-state index contributed by atoms with van der Waals surface area (Å²) >= 11 is 0. The van der Waals surface area contributed by atoms with Crippen molar-refractivity contribution in [2.24, 2.45) is 0 Å². The molecule has 3 rings (SSSR count). The second-order valence-corrected chi connectivity index (χ2v) is 4.48. The Morgan fingerprint density at radius 2 is 1.68 bits per heavy atom. The van der Waals surface area contributed by atoms with Crippen LogP contribution >= 0.6 is 0 Å². The van der Waals surface area contributed by atoms with Crippen molar-refractivity contribution in [3.05, 3.63) is 60.3 Å². The molecule has 94 valence electrons. The van der Waals surface area contributed by atoms with Gasteiger partial charge in [-0.1, -0.05) is 0 Å². The van der Waals surface area contributed by atoms with Crippen LogP contribution in [0.4, 0.5) is 5.69 Å². The molecule has 3 aromatic rings. The molecule has 0 saturated heterocycles. The summed E-state index contributed by atoms with van der Waals surface area (Å²) in [6, 6.07) is 15.3. The Balaban J connectivity index is 1.97. The van der Waals surface area contributed by atoms with E-state index in [1.807, 2.05) is 54.7 Å². The first kappa shape index (κ1) is 11.5. The summed E-state index contributed by atoms with van der Waals surface area (Å²) in [4.78, 5) is 4.33. The van der Waals surface area contributed by atoms with Crippen LogP contribution in [0.5, 0.6) is 11.5 Å². The highest BCUT2D eigenvalue weighted by Crippen LogP contribution is 2.26. The summed E-state index contributed by atoms with van der Waals surface area (Å²) in [6.45, 7) is 2.07. The molecule has 0 amide bonds. The summed E-state index contributed by atoms with van der Waals surface area (Å²) in [7, 11) is 0. The van der Waals surface area contributed by atoms with Crippen LogP contribution in [0.2, 0.25) is 0 Å². The van der Waals surface area contributed by atoms with Crippen LogP contribution < -0.4 is 10.5 Å². The molecule has 0 saturated carbocycles. The van der Waals surface area contributed by atoms with Gasteiger partial charge >= 0.3 is 0 Å². The molecule has 0 bridgehead atoms. The fourth-order valence-corrected chi connectivity index (χ4v) is 2.00. The second kappa shape index (κ2) is 4.61. The predicted molar refractivity (Wildman–Crippen MR) is 77.4 cm³/mol. The first-order valence-corrected chi connectivity index (χ1v) is 6.11. The van der Waals surface area contributed by atoms with Crippen molar-refractivity contribution in [3.63, 3.8) is 0 Å². The average Bonchev–Trinajstić information content (AvgIpc) is 2.42. The van der Waals surface area contributed by atoms with Crippen LogP contribution in [0.1, 0.15) is 5.56 Å². The van der Waals surface area contributed by atoms with E-state index in [4.69, 9.17) is 10.5 Å². The van der Waals surface area contributed by atoms with Crippen molar-refractivity contribution in [2.75, 3.05) is 5.73 Å². The van der Waals surface area contributed by atoms with E-state index in [9.17, 15) is 0 Å². The summed E-state index contributed by atoms with van der Waals surface area (Å²) < 4.78 is 5.81. The van der Waals surface area contributed by atoms with Crippen LogP contribution in [0.25, 0.3) is 10.9 Å². The third-order valence-electron chi connectivity index (χ3n) is 3.05. The SMILES string of the molecule is Cc1ccnc2ccc(Oc3ccc(N)cc3)cc12. The van der Waals surface area contributed by atoms with Gasteiger partial charge in [0.05, 0.1) is 5.52 Å². The fraction of sp³-hybridized carbons (Fsp3) is 0.0625. The lowest BCUT2D eigenvalue weighted by molar-refractivity contribution is 0.483. The molecule has 19 heavy (non-hydrogen) atoms. The zero-order valence-corrected chi connectivity index (χ0v) is 10.6. The molecule has 0 fully saturated rings. The molecule has 2 N–H and O–H groups in total. The number of anilines is 1. The van der Waals surface area contributed by atoms with Crippen molar-refractivity contribution in [1.82, 2.24) is 4.98 Å². The molecule has 3 nitrogen and oxygen atoms in total. The molecule has 0 spiro atoms. The Morgan fingerprint density at radius 1 is 0.947 bits per heavy atom. The van der Waals surface area contributed by atoms with Gasteiger partial charge in [0.25, 0.3) is 0 Å². The second-order valence-electron chi connectivity index (χ2n) is 4.48. The van der Waals surface area contributed by atoms with Crippen molar-refractivity contribution >= 4 is 16.6 Å². The van der Waals surface area contributed by atoms with Crippen LogP contribution in [-0.2, 0) is 0 Å². The van der Waals surface area contributed by atoms with E-state index in [1.165, 1.54) is 5.56 Å². The number of hydrogen-bond donors (Lipinski definition) is 1. The number of fused-ring (bicyclic) bond motifs is 1. The average molecular weight is 250 g/mol. The molecule has 0 aliphatic heterocycles. The Labute approximate surface area is 111 Å². The molecule has 1 heterocycles. The summed E-state index contributed by atoms with van der Waals surface area (Å²) in [5.41, 5.74) is 8.54. The van der Waals surface area contributed by atoms with E-state index in [1.54, 1.807) is 0 Å². The number of ether oxygens (including phenoxy) is 1. The zero-order valence-electron chi connectivity index (χ0n) is 10.6. The smallest absolute Gasteiger partial charge is 0.128 e. The lowest BCUT2D eigenvalue weighted by atomic mass is 10.1. The number of benzene rings is 2. The minimum absolute atomic E-state index is 0.728. The van der Waals surface area contributed by atoms with Gasteiger partial charge in [0, 0.05) is 17.3 Å². The van der Waals surface area contributed by atoms with Crippen LogP contribution in [0, 0.1) is 6.92 Å². The predicted octanol–water partition coefficient (Wildman–Crippen LogP) is 3.92.